The van der Waals surface area contributed by atoms with Gasteiger partial charge in [-0.15, -0.1) is 0 Å². The van der Waals surface area contributed by atoms with Crippen molar-refractivity contribution in [1.29, 1.82) is 0 Å². The summed E-state index contributed by atoms with van der Waals surface area (Å²) >= 11 is -1.21. The number of piperidine rings is 1. The molecule has 1 heterocycles. The number of likely N-dealkylation sites (tertiary alicyclic amines) is 1. The molecule has 1 N–H and O–H groups in total. The highest BCUT2D eigenvalue weighted by molar-refractivity contribution is 7.91. The summed E-state index contributed by atoms with van der Waals surface area (Å²) in [7, 11) is 0. The summed E-state index contributed by atoms with van der Waals surface area (Å²) in [6.45, 7) is 12.8. The Labute approximate surface area is 171 Å². The Morgan fingerprint density at radius 1 is 1.14 bits per heavy atom. The molecule has 0 saturated carbocycles. The number of carbonyl (C=O) groups is 1. The second kappa shape index (κ2) is 7.30. The van der Waals surface area contributed by atoms with Crippen LogP contribution in [-0.2, 0) is 16.1 Å². The number of ether oxygens (including phenoxy) is 1. The van der Waals surface area contributed by atoms with Crippen molar-refractivity contribution in [3.63, 3.8) is 0 Å². The van der Waals surface area contributed by atoms with Gasteiger partial charge in [0.15, 0.2) is 0 Å². The van der Waals surface area contributed by atoms with Crippen molar-refractivity contribution in [2.45, 2.75) is 64.7 Å². The molecule has 1 aromatic carbocycles. The van der Waals surface area contributed by atoms with Crippen LogP contribution in [0.4, 0.5) is 4.79 Å². The summed E-state index contributed by atoms with van der Waals surface area (Å²) in [5, 5.41) is 2.28. The van der Waals surface area contributed by atoms with Gasteiger partial charge in [0, 0.05) is 23.7 Å². The zero-order valence-electron chi connectivity index (χ0n) is 17.8. The maximum Gasteiger partial charge on any atom is 0.410 e. The first-order valence-electron chi connectivity index (χ1n) is 9.91. The summed E-state index contributed by atoms with van der Waals surface area (Å²) in [5.74, 6) is 0. The van der Waals surface area contributed by atoms with Crippen LogP contribution in [0.1, 0.15) is 54.4 Å². The molecule has 1 aromatic rings. The topological polar surface area (TPSA) is 64.6 Å². The van der Waals surface area contributed by atoms with Crippen LogP contribution in [0.25, 0.3) is 11.8 Å². The van der Waals surface area contributed by atoms with Crippen molar-refractivity contribution < 1.29 is 14.1 Å². The van der Waals surface area contributed by atoms with Gasteiger partial charge in [0.2, 0.25) is 0 Å². The van der Waals surface area contributed by atoms with Crippen molar-refractivity contribution in [1.82, 2.24) is 9.62 Å². The maximum atomic E-state index is 12.9. The average Bonchev–Trinajstić information content (AvgIpc) is 2.86. The third kappa shape index (κ3) is 4.33. The SMILES string of the molecule is CC(C)(C)OC(=O)N1CCC2(C=c3ccccc3=C2N[S@+]([O-])C(C)(C)C)CC1. The van der Waals surface area contributed by atoms with Crippen LogP contribution in [0, 0.1) is 5.41 Å². The highest BCUT2D eigenvalue weighted by Crippen LogP contribution is 2.42. The van der Waals surface area contributed by atoms with Crippen LogP contribution < -0.4 is 15.2 Å². The van der Waals surface area contributed by atoms with Crippen LogP contribution >= 0.6 is 0 Å². The minimum Gasteiger partial charge on any atom is -0.593 e. The molecule has 1 fully saturated rings. The molecule has 0 aromatic heterocycles. The van der Waals surface area contributed by atoms with E-state index in [2.05, 4.69) is 22.9 Å². The fourth-order valence-electron chi connectivity index (χ4n) is 3.70. The maximum absolute atomic E-state index is 12.9. The molecule has 1 aliphatic carbocycles. The lowest BCUT2D eigenvalue weighted by molar-refractivity contribution is 0.0179. The van der Waals surface area contributed by atoms with Gasteiger partial charge in [-0.05, 0) is 59.6 Å². The van der Waals surface area contributed by atoms with Gasteiger partial charge in [-0.25, -0.2) is 9.52 Å². The Balaban J connectivity index is 1.86. The Morgan fingerprint density at radius 2 is 1.75 bits per heavy atom. The van der Waals surface area contributed by atoms with E-state index in [0.717, 1.165) is 23.8 Å². The minimum absolute atomic E-state index is 0.219. The number of carbonyl (C=O) groups excluding carboxylic acids is 1. The van der Waals surface area contributed by atoms with Crippen molar-refractivity contribution >= 4 is 29.2 Å². The molecule has 154 valence electrons. The van der Waals surface area contributed by atoms with Gasteiger partial charge in [0.1, 0.15) is 10.3 Å². The molecule has 1 aliphatic heterocycles. The predicted molar refractivity (Wildman–Crippen MR) is 114 cm³/mol. The second-order valence-electron chi connectivity index (χ2n) is 9.71. The average molecular weight is 405 g/mol. The van der Waals surface area contributed by atoms with E-state index in [0.29, 0.717) is 13.1 Å². The number of rotatable bonds is 2. The summed E-state index contributed by atoms with van der Waals surface area (Å²) in [4.78, 5) is 14.2. The van der Waals surface area contributed by atoms with E-state index in [1.165, 1.54) is 5.22 Å². The molecule has 6 heteroatoms. The highest BCUT2D eigenvalue weighted by Gasteiger charge is 2.43. The molecule has 2 aliphatic rings. The van der Waals surface area contributed by atoms with Crippen LogP contribution in [0.3, 0.4) is 0 Å². The standard InChI is InChI=1S/C22H32N2O3S/c1-20(2,3)27-19(25)24-13-11-22(12-14-24)15-16-9-7-8-10-17(16)18(22)23-28(26)21(4,5)6/h7-10,15,23H,11-14H2,1-6H3/t28-/m1/s1. The smallest absolute Gasteiger partial charge is 0.410 e. The quantitative estimate of drug-likeness (QED) is 0.770. The largest absolute Gasteiger partial charge is 0.593 e. The lowest BCUT2D eigenvalue weighted by atomic mass is 9.77. The molecule has 28 heavy (non-hydrogen) atoms. The van der Waals surface area contributed by atoms with E-state index in [1.807, 2.05) is 53.7 Å². The van der Waals surface area contributed by atoms with E-state index < -0.39 is 17.0 Å². The van der Waals surface area contributed by atoms with Gasteiger partial charge in [-0.3, -0.25) is 0 Å². The number of hydrogen-bond donors (Lipinski definition) is 1. The third-order valence-corrected chi connectivity index (χ3v) is 6.72. The zero-order chi connectivity index (χ0) is 20.7. The van der Waals surface area contributed by atoms with E-state index in [9.17, 15) is 9.35 Å². The lowest BCUT2D eigenvalue weighted by Gasteiger charge is -2.41. The van der Waals surface area contributed by atoms with Crippen LogP contribution in [-0.4, -0.2) is 39.0 Å². The van der Waals surface area contributed by atoms with Crippen molar-refractivity contribution in [3.05, 3.63) is 34.7 Å². The first kappa shape index (κ1) is 21.1. The lowest BCUT2D eigenvalue weighted by Crippen LogP contribution is -2.48. The third-order valence-electron chi connectivity index (χ3n) is 5.22. The highest BCUT2D eigenvalue weighted by atomic mass is 32.2. The van der Waals surface area contributed by atoms with Gasteiger partial charge < -0.3 is 14.2 Å². The molecule has 0 unspecified atom stereocenters. The van der Waals surface area contributed by atoms with Gasteiger partial charge in [0.05, 0.1) is 17.1 Å². The molecule has 5 nitrogen and oxygen atoms in total. The van der Waals surface area contributed by atoms with Gasteiger partial charge in [-0.1, -0.05) is 30.3 Å². The second-order valence-corrected chi connectivity index (χ2v) is 11.7. The predicted octanol–water partition coefficient (Wildman–Crippen LogP) is 2.66. The van der Waals surface area contributed by atoms with Crippen molar-refractivity contribution in [3.8, 4) is 0 Å². The molecular weight excluding hydrogens is 372 g/mol. The molecule has 1 amide bonds. The molecule has 0 radical (unpaired) electrons. The Hall–Kier alpha value is -1.66. The van der Waals surface area contributed by atoms with Gasteiger partial charge in [-0.2, -0.15) is 0 Å². The van der Waals surface area contributed by atoms with E-state index in [-0.39, 0.29) is 16.3 Å². The Bertz CT molecular complexity index is 859. The first-order valence-corrected chi connectivity index (χ1v) is 11.1. The van der Waals surface area contributed by atoms with Crippen LogP contribution in [0.15, 0.2) is 24.3 Å². The fraction of sp³-hybridized carbons (Fsp3) is 0.591. The molecule has 0 bridgehead atoms. The number of benzene rings is 1. The first-order chi connectivity index (χ1) is 12.9. The van der Waals surface area contributed by atoms with E-state index in [4.69, 9.17) is 4.74 Å². The number of amides is 1. The van der Waals surface area contributed by atoms with E-state index in [1.54, 1.807) is 4.90 Å². The number of nitrogens with zero attached hydrogens (tertiary/aromatic N) is 1. The number of nitrogens with one attached hydrogen (secondary N) is 1. The fourth-order valence-corrected chi connectivity index (χ4v) is 4.50. The monoisotopic (exact) mass is 404 g/mol. The minimum atomic E-state index is -1.21. The van der Waals surface area contributed by atoms with Crippen LogP contribution in [0.5, 0.6) is 0 Å². The molecule has 1 spiro atoms. The van der Waals surface area contributed by atoms with Gasteiger partial charge >= 0.3 is 6.09 Å². The summed E-state index contributed by atoms with van der Waals surface area (Å²) < 4.78 is 21.4. The van der Waals surface area contributed by atoms with E-state index >= 15 is 0 Å². The Morgan fingerprint density at radius 3 is 2.32 bits per heavy atom. The van der Waals surface area contributed by atoms with Gasteiger partial charge in [0.25, 0.3) is 0 Å². The molecule has 3 rings (SSSR count). The summed E-state index contributed by atoms with van der Waals surface area (Å²) in [5.41, 5.74) is 0.313. The number of hydrogen-bond acceptors (Lipinski definition) is 4. The number of fused-ring (bicyclic) bond motifs is 1. The molecule has 1 saturated heterocycles. The van der Waals surface area contributed by atoms with Crippen molar-refractivity contribution in [2.75, 3.05) is 13.1 Å². The normalized spacial score (nSPS) is 19.8. The van der Waals surface area contributed by atoms with Crippen LogP contribution in [0.2, 0.25) is 0 Å². The zero-order valence-corrected chi connectivity index (χ0v) is 18.6. The summed E-state index contributed by atoms with van der Waals surface area (Å²) in [6, 6.07) is 8.24. The summed E-state index contributed by atoms with van der Waals surface area (Å²) in [6.07, 6.45) is 3.59. The van der Waals surface area contributed by atoms with Crippen molar-refractivity contribution in [2.24, 2.45) is 5.41 Å². The Kier molecular flexibility index (Phi) is 5.49. The molecule has 1 atom stereocenters. The molecular formula is C22H32N2O3S.